The third-order valence-corrected chi connectivity index (χ3v) is 5.06. The molecule has 0 aromatic carbocycles. The van der Waals surface area contributed by atoms with Gasteiger partial charge in [0.25, 0.3) is 0 Å². The molecule has 2 atom stereocenters. The highest BCUT2D eigenvalue weighted by atomic mass is 16.4. The molecule has 0 spiro atoms. The van der Waals surface area contributed by atoms with Crippen molar-refractivity contribution in [1.29, 1.82) is 0 Å². The Morgan fingerprint density at radius 3 is 2.16 bits per heavy atom. The number of nitrogens with zero attached hydrogens (tertiary/aromatic N) is 1. The first kappa shape index (κ1) is 12.6. The topological polar surface area (TPSA) is 74.7 Å². The van der Waals surface area contributed by atoms with Crippen LogP contribution in [-0.2, 0) is 14.4 Å². The van der Waals surface area contributed by atoms with Gasteiger partial charge in [0, 0.05) is 11.8 Å². The van der Waals surface area contributed by atoms with Gasteiger partial charge < -0.3 is 5.11 Å². The van der Waals surface area contributed by atoms with Gasteiger partial charge in [0.05, 0.1) is 12.0 Å². The molecule has 0 radical (unpaired) electrons. The lowest BCUT2D eigenvalue weighted by atomic mass is 9.85. The van der Waals surface area contributed by atoms with Gasteiger partial charge in [0.15, 0.2) is 0 Å². The molecule has 1 heterocycles. The first-order valence-electron chi connectivity index (χ1n) is 7.13. The number of likely N-dealkylation sites (tertiary alicyclic amines) is 1. The lowest BCUT2D eigenvalue weighted by molar-refractivity contribution is -0.162. The zero-order chi connectivity index (χ0) is 13.6. The van der Waals surface area contributed by atoms with Gasteiger partial charge in [-0.1, -0.05) is 12.8 Å². The minimum atomic E-state index is -0.916. The van der Waals surface area contributed by atoms with Gasteiger partial charge in [0.2, 0.25) is 11.8 Å². The van der Waals surface area contributed by atoms with Crippen LogP contribution in [0.2, 0.25) is 0 Å². The van der Waals surface area contributed by atoms with E-state index in [0.29, 0.717) is 19.3 Å². The number of imide groups is 1. The van der Waals surface area contributed by atoms with Crippen LogP contribution in [0.4, 0.5) is 0 Å². The summed E-state index contributed by atoms with van der Waals surface area (Å²) in [5.41, 5.74) is -0.735. The molecule has 1 N–H and O–H groups in total. The van der Waals surface area contributed by atoms with Gasteiger partial charge in [-0.25, -0.2) is 0 Å². The summed E-state index contributed by atoms with van der Waals surface area (Å²) >= 11 is 0. The van der Waals surface area contributed by atoms with Gasteiger partial charge >= 0.3 is 5.97 Å². The summed E-state index contributed by atoms with van der Waals surface area (Å²) in [5, 5.41) is 9.14. The summed E-state index contributed by atoms with van der Waals surface area (Å²) < 4.78 is 0. The molecule has 5 heteroatoms. The normalized spacial score (nSPS) is 32.9. The molecule has 2 saturated carbocycles. The van der Waals surface area contributed by atoms with Crippen molar-refractivity contribution in [3.63, 3.8) is 0 Å². The number of carboxylic acid groups (broad SMARTS) is 1. The Morgan fingerprint density at radius 2 is 1.68 bits per heavy atom. The van der Waals surface area contributed by atoms with Gasteiger partial charge in [-0.3, -0.25) is 19.3 Å². The van der Waals surface area contributed by atoms with E-state index in [4.69, 9.17) is 5.11 Å². The average molecular weight is 265 g/mol. The SMILES string of the molecule is O=C(O)CC1(N2C(=O)C3CCC(C3)C2=O)CCCC1. The molecule has 104 valence electrons. The van der Waals surface area contributed by atoms with Crippen molar-refractivity contribution in [2.45, 2.75) is 56.9 Å². The summed E-state index contributed by atoms with van der Waals surface area (Å²) in [4.78, 5) is 37.5. The maximum Gasteiger partial charge on any atom is 0.305 e. The Morgan fingerprint density at radius 1 is 1.16 bits per heavy atom. The molecule has 0 aromatic heterocycles. The molecular weight excluding hydrogens is 246 g/mol. The zero-order valence-corrected chi connectivity index (χ0v) is 10.9. The van der Waals surface area contributed by atoms with Gasteiger partial charge in [-0.15, -0.1) is 0 Å². The van der Waals surface area contributed by atoms with Crippen LogP contribution in [0.3, 0.4) is 0 Å². The predicted octanol–water partition coefficient (Wildman–Crippen LogP) is 1.56. The van der Waals surface area contributed by atoms with Crippen LogP contribution >= 0.6 is 0 Å². The van der Waals surface area contributed by atoms with E-state index < -0.39 is 11.5 Å². The van der Waals surface area contributed by atoms with Crippen LogP contribution in [0.25, 0.3) is 0 Å². The molecule has 0 aromatic rings. The Bertz CT molecular complexity index is 417. The van der Waals surface area contributed by atoms with Crippen LogP contribution in [0.5, 0.6) is 0 Å². The molecule has 2 amide bonds. The van der Waals surface area contributed by atoms with Gasteiger partial charge in [0.1, 0.15) is 0 Å². The number of hydrogen-bond donors (Lipinski definition) is 1. The molecule has 3 fully saturated rings. The van der Waals surface area contributed by atoms with E-state index in [2.05, 4.69) is 0 Å². The molecule has 1 aliphatic heterocycles. The summed E-state index contributed by atoms with van der Waals surface area (Å²) in [6.45, 7) is 0. The highest BCUT2D eigenvalue weighted by molar-refractivity contribution is 6.02. The van der Waals surface area contributed by atoms with Crippen LogP contribution in [0.1, 0.15) is 51.4 Å². The zero-order valence-electron chi connectivity index (χ0n) is 10.9. The largest absolute Gasteiger partial charge is 0.481 e. The van der Waals surface area contributed by atoms with Crippen LogP contribution in [0.15, 0.2) is 0 Å². The molecule has 2 aliphatic carbocycles. The van der Waals surface area contributed by atoms with E-state index in [0.717, 1.165) is 25.7 Å². The van der Waals surface area contributed by atoms with Crippen LogP contribution in [0, 0.1) is 11.8 Å². The molecule has 19 heavy (non-hydrogen) atoms. The quantitative estimate of drug-likeness (QED) is 0.786. The molecule has 5 nitrogen and oxygen atoms in total. The Kier molecular flexibility index (Phi) is 2.87. The van der Waals surface area contributed by atoms with E-state index in [1.54, 1.807) is 0 Å². The standard InChI is InChI=1S/C14H19NO4/c16-11(17)8-14(5-1-2-6-14)15-12(18)9-3-4-10(7-9)13(15)19/h9-10H,1-8H2,(H,16,17). The Balaban J connectivity index is 1.95. The van der Waals surface area contributed by atoms with Crippen LogP contribution < -0.4 is 0 Å². The molecule has 1 saturated heterocycles. The number of carbonyl (C=O) groups excluding carboxylic acids is 2. The Hall–Kier alpha value is -1.39. The lowest BCUT2D eigenvalue weighted by Gasteiger charge is -2.43. The summed E-state index contributed by atoms with van der Waals surface area (Å²) in [5.74, 6) is -1.23. The Labute approximate surface area is 112 Å². The molecule has 3 rings (SSSR count). The smallest absolute Gasteiger partial charge is 0.305 e. The number of fused-ring (bicyclic) bond motifs is 2. The van der Waals surface area contributed by atoms with Crippen molar-refractivity contribution < 1.29 is 19.5 Å². The number of carbonyl (C=O) groups is 3. The average Bonchev–Trinajstić information content (AvgIpc) is 2.94. The summed E-state index contributed by atoms with van der Waals surface area (Å²) in [7, 11) is 0. The van der Waals surface area contributed by atoms with Crippen molar-refractivity contribution in [1.82, 2.24) is 4.90 Å². The monoisotopic (exact) mass is 265 g/mol. The van der Waals surface area contributed by atoms with E-state index in [1.807, 2.05) is 0 Å². The number of hydrogen-bond acceptors (Lipinski definition) is 3. The maximum absolute atomic E-state index is 12.5. The molecule has 3 aliphatic rings. The van der Waals surface area contributed by atoms with E-state index >= 15 is 0 Å². The molecule has 2 unspecified atom stereocenters. The van der Waals surface area contributed by atoms with Gasteiger partial charge in [-0.2, -0.15) is 0 Å². The van der Waals surface area contributed by atoms with E-state index in [-0.39, 0.29) is 30.1 Å². The highest BCUT2D eigenvalue weighted by Crippen LogP contribution is 2.46. The summed E-state index contributed by atoms with van der Waals surface area (Å²) in [6, 6.07) is 0. The minimum Gasteiger partial charge on any atom is -0.481 e. The second-order valence-electron chi connectivity index (χ2n) is 6.22. The van der Waals surface area contributed by atoms with Crippen molar-refractivity contribution >= 4 is 17.8 Å². The fourth-order valence-electron chi connectivity index (χ4n) is 4.17. The van der Waals surface area contributed by atoms with Crippen molar-refractivity contribution in [2.75, 3.05) is 0 Å². The second kappa shape index (κ2) is 4.32. The maximum atomic E-state index is 12.5. The van der Waals surface area contributed by atoms with Crippen molar-refractivity contribution in [2.24, 2.45) is 11.8 Å². The van der Waals surface area contributed by atoms with Crippen molar-refractivity contribution in [3.8, 4) is 0 Å². The van der Waals surface area contributed by atoms with Gasteiger partial charge in [-0.05, 0) is 32.1 Å². The summed E-state index contributed by atoms with van der Waals surface area (Å²) in [6.07, 6.45) is 5.26. The van der Waals surface area contributed by atoms with Crippen LogP contribution in [-0.4, -0.2) is 33.3 Å². The number of aliphatic carboxylic acids is 1. The van der Waals surface area contributed by atoms with E-state index in [9.17, 15) is 14.4 Å². The third kappa shape index (κ3) is 1.86. The van der Waals surface area contributed by atoms with E-state index in [1.165, 1.54) is 4.90 Å². The lowest BCUT2D eigenvalue weighted by Crippen LogP contribution is -2.58. The number of amides is 2. The molecule has 2 bridgehead atoms. The predicted molar refractivity (Wildman–Crippen MR) is 66.1 cm³/mol. The fraction of sp³-hybridized carbons (Fsp3) is 0.786. The number of piperidine rings is 1. The highest BCUT2D eigenvalue weighted by Gasteiger charge is 2.54. The molecular formula is C14H19NO4. The fourth-order valence-corrected chi connectivity index (χ4v) is 4.17. The van der Waals surface area contributed by atoms with Crippen molar-refractivity contribution in [3.05, 3.63) is 0 Å². The first-order chi connectivity index (χ1) is 9.03. The second-order valence-corrected chi connectivity index (χ2v) is 6.22. The first-order valence-corrected chi connectivity index (χ1v) is 7.13. The minimum absolute atomic E-state index is 0.0473. The number of rotatable bonds is 3. The third-order valence-electron chi connectivity index (χ3n) is 5.06. The number of carboxylic acids is 1.